The second-order valence-electron chi connectivity index (χ2n) is 14.9. The highest BCUT2D eigenvalue weighted by molar-refractivity contribution is 7.21. The molecule has 4 heterocycles. The van der Waals surface area contributed by atoms with Gasteiger partial charge in [-0.3, -0.25) is 0 Å². The van der Waals surface area contributed by atoms with Crippen LogP contribution in [0.4, 0.5) is 0 Å². The first kappa shape index (κ1) is 34.9. The summed E-state index contributed by atoms with van der Waals surface area (Å²) in [6, 6.07) is 66.7. The van der Waals surface area contributed by atoms with Crippen molar-refractivity contribution < 1.29 is 4.42 Å². The summed E-state index contributed by atoms with van der Waals surface area (Å²) in [5.41, 5.74) is 12.9. The first-order valence-electron chi connectivity index (χ1n) is 20.1. The molecule has 7 nitrogen and oxygen atoms in total. The zero-order valence-corrected chi connectivity index (χ0v) is 33.3. The SMILES string of the molecule is c1ccc(-c2nc(-c3ccccc3)nc(-c3ccc4nc(-c5cccc(-c6ccc7c(c6)c6ccccc6n7-c6ccc7oc(-c8ccccc8)nc7c6)c5)sc4c3)n2)cc1. The molecule has 0 amide bonds. The highest BCUT2D eigenvalue weighted by atomic mass is 32.1. The predicted octanol–water partition coefficient (Wildman–Crippen LogP) is 13.7. The lowest BCUT2D eigenvalue weighted by atomic mass is 10.0. The summed E-state index contributed by atoms with van der Waals surface area (Å²) in [7, 11) is 0. The minimum Gasteiger partial charge on any atom is -0.436 e. The van der Waals surface area contributed by atoms with Crippen LogP contribution in [-0.4, -0.2) is 29.5 Å². The van der Waals surface area contributed by atoms with E-state index in [-0.39, 0.29) is 0 Å². The van der Waals surface area contributed by atoms with E-state index >= 15 is 0 Å². The average molecular weight is 801 g/mol. The van der Waals surface area contributed by atoms with Crippen LogP contribution in [0.3, 0.4) is 0 Å². The topological polar surface area (TPSA) is 82.5 Å². The summed E-state index contributed by atoms with van der Waals surface area (Å²) in [5.74, 6) is 2.52. The maximum atomic E-state index is 6.15. The van der Waals surface area contributed by atoms with Crippen molar-refractivity contribution in [1.82, 2.24) is 29.5 Å². The molecule has 286 valence electrons. The van der Waals surface area contributed by atoms with Crippen LogP contribution < -0.4 is 0 Å². The van der Waals surface area contributed by atoms with E-state index in [1.54, 1.807) is 11.3 Å². The van der Waals surface area contributed by atoms with Gasteiger partial charge in [-0.25, -0.2) is 24.9 Å². The Morgan fingerprint density at radius 2 is 0.984 bits per heavy atom. The summed E-state index contributed by atoms with van der Waals surface area (Å²) in [5, 5.41) is 3.32. The Kier molecular flexibility index (Phi) is 8.21. The normalized spacial score (nSPS) is 11.6. The molecule has 0 N–H and O–H groups in total. The Hall–Kier alpha value is -8.07. The third kappa shape index (κ3) is 6.25. The van der Waals surface area contributed by atoms with Crippen LogP contribution in [0.15, 0.2) is 199 Å². The van der Waals surface area contributed by atoms with Crippen molar-refractivity contribution in [3.8, 4) is 73.0 Å². The van der Waals surface area contributed by atoms with Crippen LogP contribution >= 0.6 is 11.3 Å². The average Bonchev–Trinajstić information content (AvgIpc) is 4.06. The summed E-state index contributed by atoms with van der Waals surface area (Å²) in [4.78, 5) is 24.7. The minimum absolute atomic E-state index is 0.618. The van der Waals surface area contributed by atoms with Crippen molar-refractivity contribution in [1.29, 1.82) is 0 Å². The molecule has 4 aromatic heterocycles. The maximum absolute atomic E-state index is 6.15. The molecule has 61 heavy (non-hydrogen) atoms. The number of hydrogen-bond donors (Lipinski definition) is 0. The summed E-state index contributed by atoms with van der Waals surface area (Å²) in [6.45, 7) is 0. The number of rotatable bonds is 7. The van der Waals surface area contributed by atoms with Gasteiger partial charge < -0.3 is 8.98 Å². The molecule has 8 aromatic carbocycles. The van der Waals surface area contributed by atoms with E-state index in [9.17, 15) is 0 Å². The molecule has 0 aliphatic carbocycles. The van der Waals surface area contributed by atoms with Gasteiger partial charge in [-0.1, -0.05) is 121 Å². The second-order valence-corrected chi connectivity index (χ2v) is 16.0. The fraction of sp³-hybridized carbons (Fsp3) is 0. The maximum Gasteiger partial charge on any atom is 0.227 e. The van der Waals surface area contributed by atoms with Crippen LogP contribution in [0.1, 0.15) is 0 Å². The van der Waals surface area contributed by atoms with Crippen molar-refractivity contribution in [3.63, 3.8) is 0 Å². The third-order valence-electron chi connectivity index (χ3n) is 11.1. The van der Waals surface area contributed by atoms with Crippen LogP contribution in [0.2, 0.25) is 0 Å². The molecule has 0 radical (unpaired) electrons. The van der Waals surface area contributed by atoms with Gasteiger partial charge in [-0.05, 0) is 83.9 Å². The summed E-state index contributed by atoms with van der Waals surface area (Å²) in [6.07, 6.45) is 0. The van der Waals surface area contributed by atoms with Crippen molar-refractivity contribution in [2.45, 2.75) is 0 Å². The summed E-state index contributed by atoms with van der Waals surface area (Å²) < 4.78 is 9.54. The number of nitrogens with zero attached hydrogens (tertiary/aromatic N) is 6. The molecule has 0 aliphatic heterocycles. The Morgan fingerprint density at radius 3 is 1.74 bits per heavy atom. The molecule has 0 unspecified atom stereocenters. The van der Waals surface area contributed by atoms with Gasteiger partial charge in [0.2, 0.25) is 5.89 Å². The van der Waals surface area contributed by atoms with Crippen molar-refractivity contribution in [2.75, 3.05) is 0 Å². The van der Waals surface area contributed by atoms with Crippen LogP contribution in [0, 0.1) is 0 Å². The molecule has 0 fully saturated rings. The molecular formula is C53H32N6OS. The highest BCUT2D eigenvalue weighted by Crippen LogP contribution is 2.38. The Bertz CT molecular complexity index is 3540. The van der Waals surface area contributed by atoms with Crippen LogP contribution in [0.5, 0.6) is 0 Å². The van der Waals surface area contributed by atoms with E-state index in [0.717, 1.165) is 82.0 Å². The lowest BCUT2D eigenvalue weighted by molar-refractivity contribution is 0.620. The van der Waals surface area contributed by atoms with Crippen molar-refractivity contribution in [2.24, 2.45) is 0 Å². The van der Waals surface area contributed by atoms with Gasteiger partial charge in [0.25, 0.3) is 0 Å². The van der Waals surface area contributed by atoms with E-state index in [0.29, 0.717) is 23.4 Å². The lowest BCUT2D eigenvalue weighted by Crippen LogP contribution is -1.99. The molecule has 0 saturated heterocycles. The Morgan fingerprint density at radius 1 is 0.377 bits per heavy atom. The van der Waals surface area contributed by atoms with Gasteiger partial charge in [0.1, 0.15) is 10.5 Å². The fourth-order valence-corrected chi connectivity index (χ4v) is 9.15. The van der Waals surface area contributed by atoms with E-state index < -0.39 is 0 Å². The lowest BCUT2D eigenvalue weighted by Gasteiger charge is -2.08. The molecule has 0 bridgehead atoms. The number of thiazole rings is 1. The van der Waals surface area contributed by atoms with E-state index in [1.807, 2.05) is 97.1 Å². The fourth-order valence-electron chi connectivity index (χ4n) is 8.15. The molecule has 0 atom stereocenters. The van der Waals surface area contributed by atoms with E-state index in [2.05, 4.69) is 102 Å². The Balaban J connectivity index is 0.897. The van der Waals surface area contributed by atoms with Gasteiger partial charge in [-0.15, -0.1) is 11.3 Å². The van der Waals surface area contributed by atoms with Crippen LogP contribution in [-0.2, 0) is 0 Å². The molecule has 0 spiro atoms. The highest BCUT2D eigenvalue weighted by Gasteiger charge is 2.18. The standard InChI is InChI=1S/C53H32N6OS/c1-4-13-33(14-5-1)49-56-50(34-15-6-2-7-16-34)58-51(57-49)38-23-26-43-48(31-38)61-53(55-43)39-20-12-19-36(29-39)37-24-27-46-42(30-37)41-21-10-11-22-45(41)59(46)40-25-28-47-44(32-40)54-52(60-47)35-17-8-3-9-18-35/h1-32H. The number of benzene rings is 8. The van der Waals surface area contributed by atoms with Crippen LogP contribution in [0.25, 0.3) is 116 Å². The van der Waals surface area contributed by atoms with Gasteiger partial charge in [0, 0.05) is 44.3 Å². The quantitative estimate of drug-likeness (QED) is 0.160. The zero-order valence-electron chi connectivity index (χ0n) is 32.5. The molecule has 8 heteroatoms. The largest absolute Gasteiger partial charge is 0.436 e. The smallest absolute Gasteiger partial charge is 0.227 e. The number of oxazole rings is 1. The predicted molar refractivity (Wildman–Crippen MR) is 248 cm³/mol. The van der Waals surface area contributed by atoms with Gasteiger partial charge in [0.15, 0.2) is 23.1 Å². The molecular weight excluding hydrogens is 769 g/mol. The Labute approximate surface area is 354 Å². The third-order valence-corrected chi connectivity index (χ3v) is 12.2. The van der Waals surface area contributed by atoms with Gasteiger partial charge in [-0.2, -0.15) is 0 Å². The van der Waals surface area contributed by atoms with E-state index in [1.165, 1.54) is 10.8 Å². The molecule has 12 aromatic rings. The first-order valence-corrected chi connectivity index (χ1v) is 20.9. The van der Waals surface area contributed by atoms with E-state index in [4.69, 9.17) is 29.3 Å². The first-order chi connectivity index (χ1) is 30.2. The molecule has 0 saturated carbocycles. The monoisotopic (exact) mass is 800 g/mol. The van der Waals surface area contributed by atoms with Gasteiger partial charge >= 0.3 is 0 Å². The minimum atomic E-state index is 0.618. The number of fused-ring (bicyclic) bond motifs is 5. The summed E-state index contributed by atoms with van der Waals surface area (Å²) >= 11 is 1.67. The zero-order chi connectivity index (χ0) is 40.3. The molecule has 12 rings (SSSR count). The number of para-hydroxylation sites is 1. The van der Waals surface area contributed by atoms with Crippen molar-refractivity contribution >= 4 is 54.5 Å². The second kappa shape index (κ2) is 14.3. The number of hydrogen-bond acceptors (Lipinski definition) is 7. The van der Waals surface area contributed by atoms with Gasteiger partial charge in [0.05, 0.1) is 21.3 Å². The van der Waals surface area contributed by atoms with Crippen molar-refractivity contribution in [3.05, 3.63) is 194 Å². The number of aromatic nitrogens is 6. The molecule has 0 aliphatic rings.